The van der Waals surface area contributed by atoms with Crippen molar-refractivity contribution in [3.8, 4) is 6.07 Å². The van der Waals surface area contributed by atoms with Crippen LogP contribution in [0.25, 0.3) is 0 Å². The molecule has 7 nitrogen and oxygen atoms in total. The van der Waals surface area contributed by atoms with Crippen molar-refractivity contribution < 1.29 is 9.66 Å². The van der Waals surface area contributed by atoms with Crippen molar-refractivity contribution in [2.24, 2.45) is 0 Å². The van der Waals surface area contributed by atoms with Gasteiger partial charge < -0.3 is 10.1 Å². The van der Waals surface area contributed by atoms with Crippen molar-refractivity contribution in [1.29, 1.82) is 5.26 Å². The highest BCUT2D eigenvalue weighted by molar-refractivity contribution is 5.50. The van der Waals surface area contributed by atoms with Gasteiger partial charge in [-0.1, -0.05) is 0 Å². The number of nitrogens with zero attached hydrogens (tertiary/aromatic N) is 3. The lowest BCUT2D eigenvalue weighted by molar-refractivity contribution is -0.385. The Morgan fingerprint density at radius 1 is 1.58 bits per heavy atom. The van der Waals surface area contributed by atoms with Crippen LogP contribution in [0.1, 0.15) is 26.5 Å². The number of hydrogen-bond donors (Lipinski definition) is 1. The standard InChI is InChI=1S/C12H16N4O3/c1-4-19-12(2,3)8-14-11-6-5-10(16(17)18)9(7-13)15-11/h5-6H,4,8H2,1-3H3,(H,14,15). The number of ether oxygens (including phenoxy) is 1. The fourth-order valence-electron chi connectivity index (χ4n) is 1.53. The average Bonchev–Trinajstić information content (AvgIpc) is 2.35. The van der Waals surface area contributed by atoms with Gasteiger partial charge in [0, 0.05) is 19.2 Å². The van der Waals surface area contributed by atoms with Crippen molar-refractivity contribution in [3.05, 3.63) is 27.9 Å². The summed E-state index contributed by atoms with van der Waals surface area (Å²) < 4.78 is 5.51. The zero-order valence-corrected chi connectivity index (χ0v) is 11.1. The molecule has 0 fully saturated rings. The molecule has 19 heavy (non-hydrogen) atoms. The van der Waals surface area contributed by atoms with Crippen molar-refractivity contribution >= 4 is 11.5 Å². The van der Waals surface area contributed by atoms with Gasteiger partial charge in [-0.05, 0) is 26.8 Å². The molecule has 0 amide bonds. The van der Waals surface area contributed by atoms with Crippen LogP contribution in [0.2, 0.25) is 0 Å². The van der Waals surface area contributed by atoms with E-state index in [1.807, 2.05) is 20.8 Å². The SMILES string of the molecule is CCOC(C)(C)CNc1ccc([N+](=O)[O-])c(C#N)n1. The van der Waals surface area contributed by atoms with Crippen LogP contribution in [0.3, 0.4) is 0 Å². The number of pyridine rings is 1. The van der Waals surface area contributed by atoms with E-state index in [0.29, 0.717) is 19.0 Å². The van der Waals surface area contributed by atoms with E-state index < -0.39 is 4.92 Å². The predicted octanol–water partition coefficient (Wildman–Crippen LogP) is 2.09. The summed E-state index contributed by atoms with van der Waals surface area (Å²) in [4.78, 5) is 13.9. The van der Waals surface area contributed by atoms with Gasteiger partial charge in [-0.25, -0.2) is 4.98 Å². The Balaban J connectivity index is 2.82. The Bertz CT molecular complexity index is 508. The molecule has 1 aromatic heterocycles. The largest absolute Gasteiger partial charge is 0.374 e. The van der Waals surface area contributed by atoms with E-state index in [9.17, 15) is 10.1 Å². The van der Waals surface area contributed by atoms with Crippen molar-refractivity contribution in [1.82, 2.24) is 4.98 Å². The smallest absolute Gasteiger partial charge is 0.305 e. The molecule has 0 aliphatic heterocycles. The monoisotopic (exact) mass is 264 g/mol. The molecule has 1 rings (SSSR count). The molecule has 0 aromatic carbocycles. The summed E-state index contributed by atoms with van der Waals surface area (Å²) in [7, 11) is 0. The Morgan fingerprint density at radius 3 is 2.79 bits per heavy atom. The van der Waals surface area contributed by atoms with Crippen molar-refractivity contribution in [2.45, 2.75) is 26.4 Å². The molecular formula is C12H16N4O3. The first kappa shape index (κ1) is 14.9. The first-order valence-electron chi connectivity index (χ1n) is 5.83. The van der Waals surface area contributed by atoms with Gasteiger partial charge in [0.05, 0.1) is 10.5 Å². The van der Waals surface area contributed by atoms with Gasteiger partial charge in [0.25, 0.3) is 0 Å². The summed E-state index contributed by atoms with van der Waals surface area (Å²) in [5, 5.41) is 22.5. The van der Waals surface area contributed by atoms with Gasteiger partial charge in [0.2, 0.25) is 5.69 Å². The molecule has 0 radical (unpaired) electrons. The lowest BCUT2D eigenvalue weighted by Gasteiger charge is -2.25. The molecular weight excluding hydrogens is 248 g/mol. The normalized spacial score (nSPS) is 10.8. The quantitative estimate of drug-likeness (QED) is 0.623. The zero-order valence-electron chi connectivity index (χ0n) is 11.1. The summed E-state index contributed by atoms with van der Waals surface area (Å²) in [5.41, 5.74) is -0.883. The van der Waals surface area contributed by atoms with Crippen LogP contribution in [-0.2, 0) is 4.74 Å². The maximum atomic E-state index is 10.7. The molecule has 0 saturated carbocycles. The predicted molar refractivity (Wildman–Crippen MR) is 69.8 cm³/mol. The number of hydrogen-bond acceptors (Lipinski definition) is 6. The van der Waals surface area contributed by atoms with Crippen LogP contribution < -0.4 is 5.32 Å². The molecule has 0 bridgehead atoms. The van der Waals surface area contributed by atoms with E-state index >= 15 is 0 Å². The molecule has 1 aromatic rings. The van der Waals surface area contributed by atoms with Gasteiger partial charge in [-0.15, -0.1) is 0 Å². The second-order valence-electron chi connectivity index (χ2n) is 4.48. The summed E-state index contributed by atoms with van der Waals surface area (Å²) >= 11 is 0. The Hall–Kier alpha value is -2.20. The van der Waals surface area contributed by atoms with E-state index in [-0.39, 0.29) is 17.0 Å². The van der Waals surface area contributed by atoms with Crippen molar-refractivity contribution in [2.75, 3.05) is 18.5 Å². The number of nitro groups is 1. The molecule has 102 valence electrons. The van der Waals surface area contributed by atoms with Gasteiger partial charge in [0.15, 0.2) is 0 Å². The van der Waals surface area contributed by atoms with E-state index in [2.05, 4.69) is 10.3 Å². The molecule has 7 heteroatoms. The molecule has 0 unspecified atom stereocenters. The third-order valence-corrected chi connectivity index (χ3v) is 2.41. The van der Waals surface area contributed by atoms with Crippen molar-refractivity contribution in [3.63, 3.8) is 0 Å². The fraction of sp³-hybridized carbons (Fsp3) is 0.500. The minimum atomic E-state index is -0.626. The topological polar surface area (TPSA) is 101 Å². The van der Waals surface area contributed by atoms with Crippen LogP contribution >= 0.6 is 0 Å². The first-order valence-corrected chi connectivity index (χ1v) is 5.83. The highest BCUT2D eigenvalue weighted by Crippen LogP contribution is 2.19. The Kier molecular flexibility index (Phi) is 4.78. The molecule has 0 saturated heterocycles. The van der Waals surface area contributed by atoms with Crippen LogP contribution in [-0.4, -0.2) is 28.7 Å². The van der Waals surface area contributed by atoms with E-state index in [1.165, 1.54) is 12.1 Å². The lowest BCUT2D eigenvalue weighted by atomic mass is 10.1. The molecule has 0 atom stereocenters. The van der Waals surface area contributed by atoms with Crippen LogP contribution in [0, 0.1) is 21.4 Å². The van der Waals surface area contributed by atoms with E-state index in [1.54, 1.807) is 6.07 Å². The minimum absolute atomic E-state index is 0.204. The number of aromatic nitrogens is 1. The summed E-state index contributed by atoms with van der Waals surface area (Å²) in [6.07, 6.45) is 0. The van der Waals surface area contributed by atoms with Gasteiger partial charge in [0.1, 0.15) is 11.9 Å². The van der Waals surface area contributed by atoms with E-state index in [0.717, 1.165) is 0 Å². The van der Waals surface area contributed by atoms with Gasteiger partial charge in [-0.2, -0.15) is 5.26 Å². The number of rotatable bonds is 6. The van der Waals surface area contributed by atoms with Crippen LogP contribution in [0.5, 0.6) is 0 Å². The maximum Gasteiger partial charge on any atom is 0.305 e. The summed E-state index contributed by atoms with van der Waals surface area (Å²) in [6, 6.07) is 4.45. The summed E-state index contributed by atoms with van der Waals surface area (Å²) in [5.74, 6) is 0.412. The third kappa shape index (κ3) is 4.19. The van der Waals surface area contributed by atoms with Gasteiger partial charge >= 0.3 is 5.69 Å². The second kappa shape index (κ2) is 6.11. The highest BCUT2D eigenvalue weighted by atomic mass is 16.6. The number of nitriles is 1. The van der Waals surface area contributed by atoms with Gasteiger partial charge in [-0.3, -0.25) is 10.1 Å². The minimum Gasteiger partial charge on any atom is -0.374 e. The highest BCUT2D eigenvalue weighted by Gasteiger charge is 2.19. The average molecular weight is 264 g/mol. The number of nitrogens with one attached hydrogen (secondary N) is 1. The van der Waals surface area contributed by atoms with Crippen LogP contribution in [0.4, 0.5) is 11.5 Å². The maximum absolute atomic E-state index is 10.7. The third-order valence-electron chi connectivity index (χ3n) is 2.41. The van der Waals surface area contributed by atoms with Crippen LogP contribution in [0.15, 0.2) is 12.1 Å². The molecule has 0 aliphatic rings. The first-order chi connectivity index (χ1) is 8.89. The lowest BCUT2D eigenvalue weighted by Crippen LogP contribution is -2.33. The molecule has 1 N–H and O–H groups in total. The molecule has 0 aliphatic carbocycles. The Labute approximate surface area is 111 Å². The summed E-state index contributed by atoms with van der Waals surface area (Å²) in [6.45, 7) is 6.81. The fourth-order valence-corrected chi connectivity index (χ4v) is 1.53. The molecule has 1 heterocycles. The second-order valence-corrected chi connectivity index (χ2v) is 4.48. The number of anilines is 1. The Morgan fingerprint density at radius 2 is 2.26 bits per heavy atom. The van der Waals surface area contributed by atoms with E-state index in [4.69, 9.17) is 10.00 Å². The molecule has 0 spiro atoms. The zero-order chi connectivity index (χ0) is 14.5.